The number of carbonyl (C=O) groups is 1. The molecule has 0 aliphatic heterocycles. The lowest BCUT2D eigenvalue weighted by atomic mass is 10.1. The van der Waals surface area contributed by atoms with Gasteiger partial charge in [0.05, 0.1) is 21.3 Å². The summed E-state index contributed by atoms with van der Waals surface area (Å²) < 4.78 is 15.9. The second-order valence-electron chi connectivity index (χ2n) is 6.78. The molecule has 0 unspecified atom stereocenters. The van der Waals surface area contributed by atoms with Crippen LogP contribution in [0.25, 0.3) is 0 Å². The monoisotopic (exact) mass is 369 g/mol. The first-order valence-electron chi connectivity index (χ1n) is 9.28. The third-order valence-electron chi connectivity index (χ3n) is 4.92. The Morgan fingerprint density at radius 1 is 0.963 bits per heavy atom. The van der Waals surface area contributed by atoms with E-state index in [1.165, 1.54) is 0 Å². The molecular formula is C22H27NO4. The van der Waals surface area contributed by atoms with E-state index in [9.17, 15) is 4.79 Å². The van der Waals surface area contributed by atoms with Crippen molar-refractivity contribution in [2.45, 2.75) is 38.3 Å². The van der Waals surface area contributed by atoms with E-state index in [4.69, 9.17) is 14.2 Å². The molecule has 0 saturated heterocycles. The SMILES string of the molecule is COc1ccc(CN(C(=O)CCc2cc(OC)ccc2OC)C2CC2)cc1. The number of amides is 1. The van der Waals surface area contributed by atoms with Crippen molar-refractivity contribution >= 4 is 5.91 Å². The van der Waals surface area contributed by atoms with Gasteiger partial charge in [0.15, 0.2) is 0 Å². The molecule has 144 valence electrons. The van der Waals surface area contributed by atoms with E-state index in [-0.39, 0.29) is 5.91 Å². The highest BCUT2D eigenvalue weighted by Crippen LogP contribution is 2.30. The summed E-state index contributed by atoms with van der Waals surface area (Å²) in [6.45, 7) is 0.642. The maximum atomic E-state index is 12.9. The molecule has 0 heterocycles. The van der Waals surface area contributed by atoms with Crippen LogP contribution in [0.3, 0.4) is 0 Å². The minimum absolute atomic E-state index is 0.179. The number of carbonyl (C=O) groups excluding carboxylic acids is 1. The van der Waals surface area contributed by atoms with Crippen molar-refractivity contribution in [1.29, 1.82) is 0 Å². The zero-order valence-corrected chi connectivity index (χ0v) is 16.2. The fourth-order valence-electron chi connectivity index (χ4n) is 3.20. The average Bonchev–Trinajstić information content (AvgIpc) is 3.55. The van der Waals surface area contributed by atoms with Crippen molar-refractivity contribution < 1.29 is 19.0 Å². The summed E-state index contributed by atoms with van der Waals surface area (Å²) in [6, 6.07) is 14.0. The van der Waals surface area contributed by atoms with E-state index in [0.717, 1.165) is 41.2 Å². The zero-order chi connectivity index (χ0) is 19.2. The van der Waals surface area contributed by atoms with E-state index in [2.05, 4.69) is 0 Å². The van der Waals surface area contributed by atoms with Gasteiger partial charge in [-0.2, -0.15) is 0 Å². The van der Waals surface area contributed by atoms with E-state index < -0.39 is 0 Å². The Hall–Kier alpha value is -2.69. The highest BCUT2D eigenvalue weighted by molar-refractivity contribution is 5.77. The maximum Gasteiger partial charge on any atom is 0.223 e. The largest absolute Gasteiger partial charge is 0.497 e. The number of ether oxygens (including phenoxy) is 3. The fraction of sp³-hybridized carbons (Fsp3) is 0.409. The lowest BCUT2D eigenvalue weighted by Crippen LogP contribution is -2.32. The van der Waals surface area contributed by atoms with Crippen LogP contribution < -0.4 is 14.2 Å². The fourth-order valence-corrected chi connectivity index (χ4v) is 3.20. The quantitative estimate of drug-likeness (QED) is 0.674. The third-order valence-corrected chi connectivity index (χ3v) is 4.92. The number of nitrogens with zero attached hydrogens (tertiary/aromatic N) is 1. The van der Waals surface area contributed by atoms with Crippen molar-refractivity contribution in [3.8, 4) is 17.2 Å². The van der Waals surface area contributed by atoms with Crippen LogP contribution in [0.5, 0.6) is 17.2 Å². The minimum atomic E-state index is 0.179. The summed E-state index contributed by atoms with van der Waals surface area (Å²) in [4.78, 5) is 14.9. The molecule has 2 aromatic rings. The van der Waals surface area contributed by atoms with Crippen LogP contribution in [-0.4, -0.2) is 38.2 Å². The highest BCUT2D eigenvalue weighted by atomic mass is 16.5. The van der Waals surface area contributed by atoms with Gasteiger partial charge in [-0.3, -0.25) is 4.79 Å². The van der Waals surface area contributed by atoms with E-state index >= 15 is 0 Å². The summed E-state index contributed by atoms with van der Waals surface area (Å²) in [5.41, 5.74) is 2.11. The Bertz CT molecular complexity index is 768. The van der Waals surface area contributed by atoms with Crippen molar-refractivity contribution in [1.82, 2.24) is 4.90 Å². The predicted molar refractivity (Wildman–Crippen MR) is 104 cm³/mol. The number of rotatable bonds is 9. The van der Waals surface area contributed by atoms with Crippen molar-refractivity contribution in [2.24, 2.45) is 0 Å². The Kier molecular flexibility index (Phi) is 6.22. The average molecular weight is 369 g/mol. The van der Waals surface area contributed by atoms with Gasteiger partial charge in [-0.05, 0) is 60.7 Å². The molecule has 5 heteroatoms. The van der Waals surface area contributed by atoms with Crippen LogP contribution in [0.2, 0.25) is 0 Å². The summed E-state index contributed by atoms with van der Waals surface area (Å²) in [5.74, 6) is 2.57. The molecule has 0 spiro atoms. The Balaban J connectivity index is 1.65. The van der Waals surface area contributed by atoms with Gasteiger partial charge >= 0.3 is 0 Å². The summed E-state index contributed by atoms with van der Waals surface area (Å²) >= 11 is 0. The number of hydrogen-bond acceptors (Lipinski definition) is 4. The predicted octanol–water partition coefficient (Wildman–Crippen LogP) is 3.84. The second kappa shape index (κ2) is 8.80. The molecule has 0 N–H and O–H groups in total. The zero-order valence-electron chi connectivity index (χ0n) is 16.2. The standard InChI is InChI=1S/C22H27NO4/c1-25-19-9-4-16(5-10-19)15-23(18-7-8-18)22(24)13-6-17-14-20(26-2)11-12-21(17)27-3/h4-5,9-12,14,18H,6-8,13,15H2,1-3H3. The van der Waals surface area contributed by atoms with Crippen LogP contribution in [0.1, 0.15) is 30.4 Å². The molecule has 0 atom stereocenters. The molecule has 27 heavy (non-hydrogen) atoms. The molecular weight excluding hydrogens is 342 g/mol. The molecule has 1 aliphatic rings. The van der Waals surface area contributed by atoms with Crippen molar-refractivity contribution in [3.63, 3.8) is 0 Å². The normalized spacial score (nSPS) is 13.1. The van der Waals surface area contributed by atoms with E-state index in [1.54, 1.807) is 21.3 Å². The molecule has 1 aliphatic carbocycles. The molecule has 1 saturated carbocycles. The molecule has 2 aromatic carbocycles. The Morgan fingerprint density at radius 3 is 2.22 bits per heavy atom. The van der Waals surface area contributed by atoms with Gasteiger partial charge in [0, 0.05) is 19.0 Å². The molecule has 0 bridgehead atoms. The van der Waals surface area contributed by atoms with Gasteiger partial charge in [-0.15, -0.1) is 0 Å². The van der Waals surface area contributed by atoms with Crippen molar-refractivity contribution in [2.75, 3.05) is 21.3 Å². The topological polar surface area (TPSA) is 48.0 Å². The first-order chi connectivity index (χ1) is 13.1. The Morgan fingerprint density at radius 2 is 1.63 bits per heavy atom. The van der Waals surface area contributed by atoms with Gasteiger partial charge in [-0.1, -0.05) is 12.1 Å². The molecule has 1 amide bonds. The van der Waals surface area contributed by atoms with Crippen LogP contribution >= 0.6 is 0 Å². The lowest BCUT2D eigenvalue weighted by Gasteiger charge is -2.23. The summed E-state index contributed by atoms with van der Waals surface area (Å²) in [5, 5.41) is 0. The van der Waals surface area contributed by atoms with E-state index in [0.29, 0.717) is 25.4 Å². The van der Waals surface area contributed by atoms with Gasteiger partial charge in [0.25, 0.3) is 0 Å². The number of methoxy groups -OCH3 is 3. The minimum Gasteiger partial charge on any atom is -0.497 e. The summed E-state index contributed by atoms with van der Waals surface area (Å²) in [6.07, 6.45) is 3.26. The van der Waals surface area contributed by atoms with Gasteiger partial charge < -0.3 is 19.1 Å². The van der Waals surface area contributed by atoms with E-state index in [1.807, 2.05) is 47.4 Å². The number of hydrogen-bond donors (Lipinski definition) is 0. The second-order valence-corrected chi connectivity index (χ2v) is 6.78. The highest BCUT2D eigenvalue weighted by Gasteiger charge is 2.32. The lowest BCUT2D eigenvalue weighted by molar-refractivity contribution is -0.132. The van der Waals surface area contributed by atoms with Crippen LogP contribution in [0.4, 0.5) is 0 Å². The third kappa shape index (κ3) is 4.94. The van der Waals surface area contributed by atoms with Gasteiger partial charge in [0.1, 0.15) is 17.2 Å². The smallest absolute Gasteiger partial charge is 0.223 e. The van der Waals surface area contributed by atoms with Gasteiger partial charge in [-0.25, -0.2) is 0 Å². The molecule has 0 radical (unpaired) electrons. The molecule has 5 nitrogen and oxygen atoms in total. The number of benzene rings is 2. The maximum absolute atomic E-state index is 12.9. The van der Waals surface area contributed by atoms with Crippen LogP contribution in [0.15, 0.2) is 42.5 Å². The number of aryl methyl sites for hydroxylation is 1. The Labute approximate surface area is 160 Å². The van der Waals surface area contributed by atoms with Crippen LogP contribution in [-0.2, 0) is 17.8 Å². The van der Waals surface area contributed by atoms with Gasteiger partial charge in [0.2, 0.25) is 5.91 Å². The first-order valence-corrected chi connectivity index (χ1v) is 9.28. The van der Waals surface area contributed by atoms with Crippen LogP contribution in [0, 0.1) is 0 Å². The molecule has 0 aromatic heterocycles. The van der Waals surface area contributed by atoms with Crippen molar-refractivity contribution in [3.05, 3.63) is 53.6 Å². The summed E-state index contributed by atoms with van der Waals surface area (Å²) in [7, 11) is 4.94. The molecule has 1 fully saturated rings. The molecule has 3 rings (SSSR count). The first kappa shape index (κ1) is 19.1.